The Labute approximate surface area is 157 Å². The van der Waals surface area contributed by atoms with E-state index >= 15 is 0 Å². The van der Waals surface area contributed by atoms with Gasteiger partial charge >= 0.3 is 5.97 Å². The monoisotopic (exact) mass is 372 g/mol. The Bertz CT molecular complexity index is 768. The Kier molecular flexibility index (Phi) is 6.59. The van der Waals surface area contributed by atoms with Crippen LogP contribution in [0, 0.1) is 0 Å². The van der Waals surface area contributed by atoms with Gasteiger partial charge in [-0.3, -0.25) is 4.79 Å². The van der Waals surface area contributed by atoms with Crippen LogP contribution in [0.2, 0.25) is 0 Å². The van der Waals surface area contributed by atoms with Gasteiger partial charge in [0.25, 0.3) is 0 Å². The van der Waals surface area contributed by atoms with E-state index in [1.807, 2.05) is 30.3 Å². The van der Waals surface area contributed by atoms with E-state index in [1.54, 1.807) is 0 Å². The van der Waals surface area contributed by atoms with Crippen LogP contribution in [0.25, 0.3) is 0 Å². The van der Waals surface area contributed by atoms with E-state index in [0.29, 0.717) is 37.0 Å². The van der Waals surface area contributed by atoms with Crippen LogP contribution in [0.5, 0.6) is 0 Å². The van der Waals surface area contributed by atoms with Gasteiger partial charge in [-0.1, -0.05) is 40.6 Å². The molecular formula is C20H24N2O5. The first-order valence-electron chi connectivity index (χ1n) is 9.19. The number of ether oxygens (including phenoxy) is 1. The molecule has 1 atom stereocenters. The van der Waals surface area contributed by atoms with E-state index in [9.17, 15) is 9.90 Å². The van der Waals surface area contributed by atoms with Crippen LogP contribution in [-0.4, -0.2) is 34.3 Å². The maximum Gasteiger partial charge on any atom is 0.304 e. The number of nitrogens with zero attached hydrogens (tertiary/aromatic N) is 2. The fraction of sp³-hybridized carbons (Fsp3) is 0.450. The van der Waals surface area contributed by atoms with Crippen molar-refractivity contribution in [2.45, 2.75) is 50.5 Å². The minimum atomic E-state index is -0.868. The summed E-state index contributed by atoms with van der Waals surface area (Å²) in [4.78, 5) is 11.3. The summed E-state index contributed by atoms with van der Waals surface area (Å²) < 4.78 is 11.0. The van der Waals surface area contributed by atoms with Crippen molar-refractivity contribution in [2.24, 2.45) is 5.16 Å². The molecule has 27 heavy (non-hydrogen) atoms. The van der Waals surface area contributed by atoms with Crippen molar-refractivity contribution in [3.63, 3.8) is 0 Å². The van der Waals surface area contributed by atoms with Crippen LogP contribution in [0.1, 0.15) is 66.5 Å². The Hall–Kier alpha value is -2.67. The topological polar surface area (TPSA) is 105 Å². The smallest absolute Gasteiger partial charge is 0.304 e. The largest absolute Gasteiger partial charge is 0.481 e. The SMILES string of the molecule is O=C(O)C[C@H](CCCOCc1ccccc1)c1noc(C=NO)c1C1CC1. The average Bonchev–Trinajstić information content (AvgIpc) is 3.41. The predicted molar refractivity (Wildman–Crippen MR) is 98.2 cm³/mol. The summed E-state index contributed by atoms with van der Waals surface area (Å²) in [5.41, 5.74) is 2.68. The van der Waals surface area contributed by atoms with E-state index in [4.69, 9.17) is 14.5 Å². The van der Waals surface area contributed by atoms with E-state index < -0.39 is 5.97 Å². The minimum absolute atomic E-state index is 0.0132. The maximum absolute atomic E-state index is 11.3. The molecule has 0 amide bonds. The lowest BCUT2D eigenvalue weighted by Gasteiger charge is -2.14. The van der Waals surface area contributed by atoms with Crippen molar-refractivity contribution in [2.75, 3.05) is 6.61 Å². The number of benzene rings is 1. The van der Waals surface area contributed by atoms with Crippen LogP contribution in [0.3, 0.4) is 0 Å². The van der Waals surface area contributed by atoms with Crippen molar-refractivity contribution in [3.05, 3.63) is 52.9 Å². The van der Waals surface area contributed by atoms with Gasteiger partial charge in [0.2, 0.25) is 0 Å². The zero-order chi connectivity index (χ0) is 19.1. The van der Waals surface area contributed by atoms with Crippen molar-refractivity contribution in [3.8, 4) is 0 Å². The molecule has 1 fully saturated rings. The van der Waals surface area contributed by atoms with E-state index in [2.05, 4.69) is 10.3 Å². The molecule has 2 aromatic rings. The van der Waals surface area contributed by atoms with Crippen molar-refractivity contribution in [1.82, 2.24) is 5.16 Å². The van der Waals surface area contributed by atoms with Crippen LogP contribution in [0.4, 0.5) is 0 Å². The molecule has 1 aromatic heterocycles. The van der Waals surface area contributed by atoms with Crippen molar-refractivity contribution < 1.29 is 24.4 Å². The number of carbonyl (C=O) groups is 1. The number of aromatic nitrogens is 1. The molecule has 7 heteroatoms. The summed E-state index contributed by atoms with van der Waals surface area (Å²) in [6.07, 6.45) is 4.61. The molecule has 3 rings (SSSR count). The molecule has 1 aromatic carbocycles. The first kappa shape index (κ1) is 19.1. The number of aliphatic carboxylic acids is 1. The molecule has 1 saturated carbocycles. The molecular weight excluding hydrogens is 348 g/mol. The highest BCUT2D eigenvalue weighted by Crippen LogP contribution is 2.45. The van der Waals surface area contributed by atoms with Crippen LogP contribution < -0.4 is 0 Å². The summed E-state index contributed by atoms with van der Waals surface area (Å²) >= 11 is 0. The third-order valence-electron chi connectivity index (χ3n) is 4.70. The van der Waals surface area contributed by atoms with Crippen molar-refractivity contribution >= 4 is 12.2 Å². The molecule has 0 unspecified atom stereocenters. The predicted octanol–water partition coefficient (Wildman–Crippen LogP) is 3.92. The van der Waals surface area contributed by atoms with Gasteiger partial charge in [0.15, 0.2) is 5.76 Å². The van der Waals surface area contributed by atoms with Crippen molar-refractivity contribution in [1.29, 1.82) is 0 Å². The first-order chi connectivity index (χ1) is 13.2. The zero-order valence-corrected chi connectivity index (χ0v) is 15.1. The molecule has 0 saturated heterocycles. The molecule has 0 spiro atoms. The number of rotatable bonds is 11. The quantitative estimate of drug-likeness (QED) is 0.268. The summed E-state index contributed by atoms with van der Waals surface area (Å²) in [5.74, 6) is -0.383. The van der Waals surface area contributed by atoms with Gasteiger partial charge in [-0.15, -0.1) is 0 Å². The first-order valence-corrected chi connectivity index (χ1v) is 9.19. The van der Waals surface area contributed by atoms with Crippen LogP contribution >= 0.6 is 0 Å². The van der Waals surface area contributed by atoms with E-state index in [-0.39, 0.29) is 12.3 Å². The van der Waals surface area contributed by atoms with Crippen LogP contribution in [0.15, 0.2) is 40.0 Å². The molecule has 0 aliphatic heterocycles. The highest BCUT2D eigenvalue weighted by Gasteiger charge is 2.35. The fourth-order valence-electron chi connectivity index (χ4n) is 3.29. The average molecular weight is 372 g/mol. The van der Waals surface area contributed by atoms with Gasteiger partial charge in [-0.25, -0.2) is 0 Å². The Morgan fingerprint density at radius 2 is 2.15 bits per heavy atom. The fourth-order valence-corrected chi connectivity index (χ4v) is 3.29. The Morgan fingerprint density at radius 3 is 2.81 bits per heavy atom. The van der Waals surface area contributed by atoms with E-state index in [0.717, 1.165) is 30.4 Å². The molecule has 1 aliphatic carbocycles. The highest BCUT2D eigenvalue weighted by atomic mass is 16.5. The summed E-state index contributed by atoms with van der Waals surface area (Å²) in [6, 6.07) is 9.92. The molecule has 2 N–H and O–H groups in total. The second kappa shape index (κ2) is 9.32. The lowest BCUT2D eigenvalue weighted by atomic mass is 9.91. The Morgan fingerprint density at radius 1 is 1.37 bits per heavy atom. The molecule has 7 nitrogen and oxygen atoms in total. The molecule has 144 valence electrons. The molecule has 0 radical (unpaired) electrons. The van der Waals surface area contributed by atoms with Gasteiger partial charge < -0.3 is 19.6 Å². The van der Waals surface area contributed by atoms with Gasteiger partial charge in [0, 0.05) is 18.1 Å². The van der Waals surface area contributed by atoms with Gasteiger partial charge in [0.1, 0.15) is 6.21 Å². The van der Waals surface area contributed by atoms with Gasteiger partial charge in [-0.05, 0) is 37.2 Å². The lowest BCUT2D eigenvalue weighted by molar-refractivity contribution is -0.137. The maximum atomic E-state index is 11.3. The molecule has 0 bridgehead atoms. The van der Waals surface area contributed by atoms with E-state index in [1.165, 1.54) is 6.21 Å². The second-order valence-electron chi connectivity index (χ2n) is 6.84. The second-order valence-corrected chi connectivity index (χ2v) is 6.84. The molecule has 1 heterocycles. The van der Waals surface area contributed by atoms with Crippen LogP contribution in [-0.2, 0) is 16.1 Å². The van der Waals surface area contributed by atoms with Gasteiger partial charge in [0.05, 0.1) is 18.7 Å². The normalized spacial score (nSPS) is 15.3. The number of hydrogen-bond donors (Lipinski definition) is 2. The summed E-state index contributed by atoms with van der Waals surface area (Å²) in [6.45, 7) is 1.09. The third-order valence-corrected chi connectivity index (χ3v) is 4.70. The third kappa shape index (κ3) is 5.40. The molecule has 1 aliphatic rings. The van der Waals surface area contributed by atoms with Gasteiger partial charge in [-0.2, -0.15) is 0 Å². The summed E-state index contributed by atoms with van der Waals surface area (Å²) in [5, 5.41) is 25.2. The number of hydrogen-bond acceptors (Lipinski definition) is 6. The zero-order valence-electron chi connectivity index (χ0n) is 15.1. The number of carboxylic acids is 1. The highest BCUT2D eigenvalue weighted by molar-refractivity contribution is 5.78. The number of carboxylic acid groups (broad SMARTS) is 1. The number of oxime groups is 1. The Balaban J connectivity index is 1.60. The summed E-state index contributed by atoms with van der Waals surface area (Å²) in [7, 11) is 0. The standard InChI is InChI=1S/C20H24N2O5/c23-18(24)11-16(7-4-10-26-13-14-5-2-1-3-6-14)20-19(15-8-9-15)17(12-21-25)27-22-20/h1-3,5-6,12,15-16,25H,4,7-11,13H2,(H,23,24)/t16-/m0/s1. The lowest BCUT2D eigenvalue weighted by Crippen LogP contribution is -2.10. The minimum Gasteiger partial charge on any atom is -0.481 e.